The zero-order chi connectivity index (χ0) is 33.4. The first-order valence-electron chi connectivity index (χ1n) is 15.1. The zero-order valence-electron chi connectivity index (χ0n) is 26.7. The fraction of sp³-hybridized carbons (Fsp3) is 0.333. The van der Waals surface area contributed by atoms with E-state index in [1.54, 1.807) is 20.2 Å². The van der Waals surface area contributed by atoms with Crippen LogP contribution in [0.25, 0.3) is 33.4 Å². The largest absolute Gasteiger partial charge is 0.480 e. The number of aryl methyl sites for hydroxylation is 2. The minimum atomic E-state index is -0.590. The van der Waals surface area contributed by atoms with Gasteiger partial charge in [0.25, 0.3) is 5.56 Å². The van der Waals surface area contributed by atoms with Gasteiger partial charge in [-0.25, -0.2) is 19.7 Å². The highest BCUT2D eigenvalue weighted by Gasteiger charge is 2.24. The molecule has 0 aliphatic carbocycles. The summed E-state index contributed by atoms with van der Waals surface area (Å²) in [7, 11) is 4.54. The third kappa shape index (κ3) is 6.10. The summed E-state index contributed by atoms with van der Waals surface area (Å²) in [5.74, 6) is 1.07. The van der Waals surface area contributed by atoms with Crippen LogP contribution in [0.15, 0.2) is 52.2 Å². The summed E-state index contributed by atoms with van der Waals surface area (Å²) in [5.41, 5.74) is 4.30. The number of nitrogens with one attached hydrogen (secondary N) is 2. The van der Waals surface area contributed by atoms with E-state index in [9.17, 15) is 14.7 Å². The quantitative estimate of drug-likeness (QED) is 0.224. The minimum absolute atomic E-state index is 0.106. The van der Waals surface area contributed by atoms with Crippen molar-refractivity contribution < 1.29 is 14.6 Å². The Morgan fingerprint density at radius 2 is 1.79 bits per heavy atom. The lowest BCUT2D eigenvalue weighted by molar-refractivity contribution is -0.0281. The summed E-state index contributed by atoms with van der Waals surface area (Å²) >= 11 is 7.07. The number of aliphatic hydroxyl groups is 1. The van der Waals surface area contributed by atoms with Crippen LogP contribution in [0, 0.1) is 13.8 Å². The van der Waals surface area contributed by atoms with Crippen LogP contribution in [0.4, 0.5) is 11.5 Å². The van der Waals surface area contributed by atoms with Gasteiger partial charge in [-0.15, -0.1) is 0 Å². The number of benzene rings is 2. The lowest BCUT2D eigenvalue weighted by Crippen LogP contribution is -2.46. The number of hydrogen-bond donors (Lipinski definition) is 3. The molecule has 244 valence electrons. The fourth-order valence-corrected chi connectivity index (χ4v) is 6.11. The van der Waals surface area contributed by atoms with Crippen molar-refractivity contribution in [2.45, 2.75) is 39.0 Å². The van der Waals surface area contributed by atoms with Crippen molar-refractivity contribution >= 4 is 34.1 Å². The van der Waals surface area contributed by atoms with Gasteiger partial charge in [0.05, 0.1) is 36.7 Å². The lowest BCUT2D eigenvalue weighted by atomic mass is 9.96. The summed E-state index contributed by atoms with van der Waals surface area (Å²) in [6.45, 7) is 4.91. The van der Waals surface area contributed by atoms with E-state index in [4.69, 9.17) is 26.1 Å². The zero-order valence-corrected chi connectivity index (χ0v) is 27.4. The predicted molar refractivity (Wildman–Crippen MR) is 179 cm³/mol. The molecule has 0 saturated carbocycles. The highest BCUT2D eigenvalue weighted by molar-refractivity contribution is 6.36. The highest BCUT2D eigenvalue weighted by Crippen LogP contribution is 2.39. The first kappa shape index (κ1) is 32.3. The Labute approximate surface area is 275 Å². The number of methoxy groups -OCH3 is 1. The number of nitrogens with zero attached hydrogens (tertiary/aromatic N) is 6. The highest BCUT2D eigenvalue weighted by atomic mass is 35.5. The number of hydrogen-bond acceptors (Lipinski definition) is 11. The van der Waals surface area contributed by atoms with Crippen LogP contribution in [0.1, 0.15) is 23.5 Å². The van der Waals surface area contributed by atoms with E-state index in [1.807, 2.05) is 43.3 Å². The van der Waals surface area contributed by atoms with E-state index < -0.39 is 17.4 Å². The summed E-state index contributed by atoms with van der Waals surface area (Å²) in [4.78, 5) is 44.0. The number of halogens is 1. The van der Waals surface area contributed by atoms with Gasteiger partial charge in [0.2, 0.25) is 5.88 Å². The molecule has 2 atom stereocenters. The number of fused-ring (bicyclic) bond motifs is 1. The Morgan fingerprint density at radius 1 is 1.04 bits per heavy atom. The molecule has 1 fully saturated rings. The molecule has 5 aromatic rings. The molecular formula is C33H35ClN8O5. The van der Waals surface area contributed by atoms with E-state index in [1.165, 1.54) is 18.7 Å². The van der Waals surface area contributed by atoms with Crippen LogP contribution in [0.2, 0.25) is 5.02 Å². The Morgan fingerprint density at radius 3 is 2.55 bits per heavy atom. The molecule has 1 aliphatic heterocycles. The smallest absolute Gasteiger partial charge is 0.332 e. The molecule has 0 radical (unpaired) electrons. The molecule has 13 nitrogen and oxygen atoms in total. The molecule has 47 heavy (non-hydrogen) atoms. The third-order valence-electron chi connectivity index (χ3n) is 8.43. The van der Waals surface area contributed by atoms with Crippen LogP contribution in [0.3, 0.4) is 0 Å². The van der Waals surface area contributed by atoms with Crippen molar-refractivity contribution in [2.75, 3.05) is 25.6 Å². The third-order valence-corrected chi connectivity index (χ3v) is 8.83. The molecular weight excluding hydrogens is 624 g/mol. The van der Waals surface area contributed by atoms with Gasteiger partial charge in [0.1, 0.15) is 22.7 Å². The van der Waals surface area contributed by atoms with Crippen molar-refractivity contribution in [2.24, 2.45) is 14.1 Å². The van der Waals surface area contributed by atoms with E-state index in [2.05, 4.69) is 25.6 Å². The molecule has 0 spiro atoms. The Balaban J connectivity index is 1.34. The van der Waals surface area contributed by atoms with Gasteiger partial charge in [-0.05, 0) is 37.5 Å². The van der Waals surface area contributed by atoms with E-state index >= 15 is 0 Å². The van der Waals surface area contributed by atoms with Crippen LogP contribution in [0.5, 0.6) is 5.88 Å². The van der Waals surface area contributed by atoms with Crippen LogP contribution >= 0.6 is 11.6 Å². The Hall–Kier alpha value is -4.69. The normalized spacial score (nSPS) is 16.4. The average molecular weight is 659 g/mol. The molecule has 6 rings (SSSR count). The van der Waals surface area contributed by atoms with Gasteiger partial charge < -0.3 is 25.2 Å². The second-order valence-electron chi connectivity index (χ2n) is 11.4. The molecule has 1 aliphatic rings. The summed E-state index contributed by atoms with van der Waals surface area (Å²) < 4.78 is 13.3. The van der Waals surface area contributed by atoms with Crippen LogP contribution in [-0.2, 0) is 25.4 Å². The Kier molecular flexibility index (Phi) is 9.06. The van der Waals surface area contributed by atoms with Crippen molar-refractivity contribution in [3.8, 4) is 28.3 Å². The predicted octanol–water partition coefficient (Wildman–Crippen LogP) is 3.41. The monoisotopic (exact) mass is 658 g/mol. The maximum absolute atomic E-state index is 13.2. The number of ether oxygens (including phenoxy) is 2. The van der Waals surface area contributed by atoms with Gasteiger partial charge in [-0.1, -0.05) is 41.9 Å². The van der Waals surface area contributed by atoms with E-state index in [-0.39, 0.29) is 17.1 Å². The van der Waals surface area contributed by atoms with Crippen molar-refractivity contribution in [3.05, 3.63) is 85.5 Å². The molecule has 1 saturated heterocycles. The minimum Gasteiger partial charge on any atom is -0.480 e. The maximum Gasteiger partial charge on any atom is 0.332 e. The topological polar surface area (TPSA) is 158 Å². The van der Waals surface area contributed by atoms with Crippen LogP contribution < -0.4 is 26.6 Å². The first-order valence-corrected chi connectivity index (χ1v) is 15.5. The van der Waals surface area contributed by atoms with E-state index in [0.717, 1.165) is 21.3 Å². The van der Waals surface area contributed by atoms with Gasteiger partial charge in [0.15, 0.2) is 5.65 Å². The molecule has 14 heteroatoms. The SMILES string of the molecule is COc1nc(-c2cccc(-c3cccc(Nc4nc(C)nc5c4c(=O)n(C)c(=O)n5C)c3C)c2Cl)cnc1CN[C@@H]1CCOC[C@H]1O. The molecule has 4 heterocycles. The van der Waals surface area contributed by atoms with Gasteiger partial charge >= 0.3 is 5.69 Å². The summed E-state index contributed by atoms with van der Waals surface area (Å²) in [6.07, 6.45) is 1.77. The molecule has 0 unspecified atom stereocenters. The second-order valence-corrected chi connectivity index (χ2v) is 11.8. The van der Waals surface area contributed by atoms with Gasteiger partial charge in [-0.2, -0.15) is 0 Å². The second kappa shape index (κ2) is 13.2. The van der Waals surface area contributed by atoms with Gasteiger partial charge in [0, 0.05) is 50.1 Å². The van der Waals surface area contributed by atoms with E-state index in [0.29, 0.717) is 71.4 Å². The molecule has 0 amide bonds. The van der Waals surface area contributed by atoms with Crippen molar-refractivity contribution in [1.82, 2.24) is 34.4 Å². The summed E-state index contributed by atoms with van der Waals surface area (Å²) in [6, 6.07) is 11.3. The summed E-state index contributed by atoms with van der Waals surface area (Å²) in [5, 5.41) is 17.6. The number of aromatic nitrogens is 6. The number of rotatable bonds is 8. The lowest BCUT2D eigenvalue weighted by Gasteiger charge is -2.28. The molecule has 3 aromatic heterocycles. The maximum atomic E-state index is 13.2. The number of aliphatic hydroxyl groups excluding tert-OH is 1. The molecule has 0 bridgehead atoms. The standard InChI is InChI=1S/C33H35ClN8O5/c1-17-19(8-7-11-22(17)39-29-27-30(38-18(2)37-29)41(3)33(45)42(4)32(27)44)20-9-6-10-21(28(20)34)24-14-36-25(31(40-24)46-5)15-35-23-12-13-47-16-26(23)43/h6-11,14,23,26,35,43H,12-13,15-16H2,1-5H3,(H,37,38,39)/t23-,26-/m1/s1. The first-order chi connectivity index (χ1) is 22.6. The number of anilines is 2. The fourth-order valence-electron chi connectivity index (χ4n) is 5.79. The Bertz CT molecular complexity index is 2110. The van der Waals surface area contributed by atoms with Gasteiger partial charge in [-0.3, -0.25) is 18.9 Å². The average Bonchev–Trinajstić information content (AvgIpc) is 3.07. The van der Waals surface area contributed by atoms with Crippen molar-refractivity contribution in [1.29, 1.82) is 0 Å². The van der Waals surface area contributed by atoms with Crippen LogP contribution in [-0.4, -0.2) is 66.6 Å². The molecule has 3 N–H and O–H groups in total. The van der Waals surface area contributed by atoms with Crippen molar-refractivity contribution in [3.63, 3.8) is 0 Å². The molecule has 2 aromatic carbocycles.